The number of hydrogen-bond donors (Lipinski definition) is 1. The summed E-state index contributed by atoms with van der Waals surface area (Å²) in [6, 6.07) is 1.64. The van der Waals surface area contributed by atoms with Crippen LogP contribution in [-0.2, 0) is 4.79 Å². The first-order valence-corrected chi connectivity index (χ1v) is 13.1. The van der Waals surface area contributed by atoms with Crippen LogP contribution in [0.2, 0.25) is 5.02 Å². The molecule has 190 valence electrons. The standard InChI is InChI=1S/C27H32ClFN6O/c1-5-21(36)33-14-27(15-33)11-17(12-27)35-16(2)22(25(32-35)34-9-7-6-8-26(34,3)4)23-18-13-30-31-20(18)10-19(29)24(23)28/h5,10,13,17H,1,6-9,11-12,14-15H2,2-4H3,(H,30,31). The summed E-state index contributed by atoms with van der Waals surface area (Å²) in [7, 11) is 0. The maximum Gasteiger partial charge on any atom is 0.245 e. The van der Waals surface area contributed by atoms with Crippen molar-refractivity contribution in [3.05, 3.63) is 41.5 Å². The van der Waals surface area contributed by atoms with E-state index < -0.39 is 5.82 Å². The third kappa shape index (κ3) is 3.40. The molecule has 1 spiro atoms. The lowest BCUT2D eigenvalue weighted by Crippen LogP contribution is -2.63. The molecule has 6 rings (SSSR count). The molecule has 4 heterocycles. The van der Waals surface area contributed by atoms with Gasteiger partial charge in [-0.1, -0.05) is 18.2 Å². The molecule has 0 atom stereocenters. The minimum Gasteiger partial charge on any atom is -0.350 e. The van der Waals surface area contributed by atoms with E-state index >= 15 is 0 Å². The van der Waals surface area contributed by atoms with Crippen molar-refractivity contribution >= 4 is 34.2 Å². The fourth-order valence-electron chi connectivity index (χ4n) is 6.70. The Morgan fingerprint density at radius 3 is 2.72 bits per heavy atom. The van der Waals surface area contributed by atoms with Gasteiger partial charge < -0.3 is 9.80 Å². The summed E-state index contributed by atoms with van der Waals surface area (Å²) < 4.78 is 17.1. The van der Waals surface area contributed by atoms with E-state index in [0.29, 0.717) is 11.1 Å². The molecule has 7 nitrogen and oxygen atoms in total. The lowest BCUT2D eigenvalue weighted by molar-refractivity contribution is -0.149. The van der Waals surface area contributed by atoms with Gasteiger partial charge in [0.15, 0.2) is 5.82 Å². The number of amides is 1. The van der Waals surface area contributed by atoms with Crippen molar-refractivity contribution in [3.8, 4) is 11.1 Å². The van der Waals surface area contributed by atoms with Crippen LogP contribution in [0.15, 0.2) is 24.9 Å². The largest absolute Gasteiger partial charge is 0.350 e. The van der Waals surface area contributed by atoms with Crippen LogP contribution in [0.5, 0.6) is 0 Å². The van der Waals surface area contributed by atoms with Crippen molar-refractivity contribution in [2.45, 2.75) is 64.5 Å². The molecular formula is C27H32ClFN6O. The predicted octanol–water partition coefficient (Wildman–Crippen LogP) is 5.65. The van der Waals surface area contributed by atoms with E-state index in [2.05, 4.69) is 47.1 Å². The first kappa shape index (κ1) is 23.5. The predicted molar refractivity (Wildman–Crippen MR) is 140 cm³/mol. The van der Waals surface area contributed by atoms with Crippen molar-refractivity contribution < 1.29 is 9.18 Å². The number of likely N-dealkylation sites (tertiary alicyclic amines) is 1. The Hall–Kier alpha value is -2.87. The number of aromatic amines is 1. The van der Waals surface area contributed by atoms with Gasteiger partial charge in [-0.2, -0.15) is 10.2 Å². The van der Waals surface area contributed by atoms with Crippen molar-refractivity contribution in [1.29, 1.82) is 0 Å². The number of H-pyrrole nitrogens is 1. The second-order valence-electron chi connectivity index (χ2n) is 11.5. The number of piperidine rings is 1. The second kappa shape index (κ2) is 8.07. The topological polar surface area (TPSA) is 70.1 Å². The van der Waals surface area contributed by atoms with Gasteiger partial charge in [0.05, 0.1) is 22.8 Å². The number of nitrogens with zero attached hydrogens (tertiary/aromatic N) is 5. The summed E-state index contributed by atoms with van der Waals surface area (Å²) >= 11 is 6.67. The van der Waals surface area contributed by atoms with Crippen molar-refractivity contribution in [3.63, 3.8) is 0 Å². The molecule has 0 radical (unpaired) electrons. The van der Waals surface area contributed by atoms with Crippen LogP contribution in [0, 0.1) is 18.2 Å². The van der Waals surface area contributed by atoms with E-state index in [9.17, 15) is 9.18 Å². The van der Waals surface area contributed by atoms with Gasteiger partial charge in [0.1, 0.15) is 5.82 Å². The Labute approximate surface area is 215 Å². The second-order valence-corrected chi connectivity index (χ2v) is 11.9. The molecule has 36 heavy (non-hydrogen) atoms. The van der Waals surface area contributed by atoms with Crippen LogP contribution in [0.4, 0.5) is 10.2 Å². The Kier molecular flexibility index (Phi) is 5.27. The fourth-order valence-corrected chi connectivity index (χ4v) is 6.95. The number of anilines is 1. The zero-order valence-electron chi connectivity index (χ0n) is 21.1. The van der Waals surface area contributed by atoms with Crippen molar-refractivity contribution in [2.24, 2.45) is 5.41 Å². The van der Waals surface area contributed by atoms with Gasteiger partial charge in [0, 0.05) is 58.9 Å². The van der Waals surface area contributed by atoms with E-state index in [1.165, 1.54) is 18.6 Å². The molecular weight excluding hydrogens is 479 g/mol. The lowest BCUT2D eigenvalue weighted by Gasteiger charge is -2.58. The highest BCUT2D eigenvalue weighted by Crippen LogP contribution is 2.56. The molecule has 1 saturated carbocycles. The molecule has 3 aromatic rings. The third-order valence-corrected chi connectivity index (χ3v) is 9.02. The number of benzene rings is 1. The summed E-state index contributed by atoms with van der Waals surface area (Å²) in [5.74, 6) is 0.398. The van der Waals surface area contributed by atoms with E-state index in [0.717, 1.165) is 67.8 Å². The first-order valence-electron chi connectivity index (χ1n) is 12.7. The lowest BCUT2D eigenvalue weighted by atomic mass is 9.60. The number of carbonyl (C=O) groups is 1. The monoisotopic (exact) mass is 510 g/mol. The molecule has 3 fully saturated rings. The summed E-state index contributed by atoms with van der Waals surface area (Å²) in [6.45, 7) is 12.6. The van der Waals surface area contributed by atoms with Crippen LogP contribution in [0.25, 0.3) is 22.0 Å². The van der Waals surface area contributed by atoms with Gasteiger partial charge in [-0.3, -0.25) is 14.6 Å². The number of nitrogens with one attached hydrogen (secondary N) is 1. The zero-order chi connectivity index (χ0) is 25.4. The van der Waals surface area contributed by atoms with E-state index in [4.69, 9.17) is 16.7 Å². The van der Waals surface area contributed by atoms with Crippen molar-refractivity contribution in [2.75, 3.05) is 24.5 Å². The molecule has 2 saturated heterocycles. The highest BCUT2D eigenvalue weighted by Gasteiger charge is 2.54. The summed E-state index contributed by atoms with van der Waals surface area (Å²) in [6.07, 6.45) is 8.38. The highest BCUT2D eigenvalue weighted by molar-refractivity contribution is 6.35. The Balaban J connectivity index is 1.44. The number of aromatic nitrogens is 4. The van der Waals surface area contributed by atoms with Crippen LogP contribution in [0.3, 0.4) is 0 Å². The molecule has 0 bridgehead atoms. The van der Waals surface area contributed by atoms with Gasteiger partial charge in [0.25, 0.3) is 0 Å². The molecule has 9 heteroatoms. The smallest absolute Gasteiger partial charge is 0.245 e. The van der Waals surface area contributed by atoms with Gasteiger partial charge >= 0.3 is 0 Å². The van der Waals surface area contributed by atoms with Crippen LogP contribution in [-0.4, -0.2) is 56.0 Å². The Morgan fingerprint density at radius 2 is 2.03 bits per heavy atom. The van der Waals surface area contributed by atoms with Gasteiger partial charge in [-0.15, -0.1) is 0 Å². The summed E-state index contributed by atoms with van der Waals surface area (Å²) in [5.41, 5.74) is 3.24. The van der Waals surface area contributed by atoms with E-state index in [-0.39, 0.29) is 27.9 Å². The molecule has 1 N–H and O–H groups in total. The average molecular weight is 511 g/mol. The third-order valence-electron chi connectivity index (χ3n) is 8.65. The number of fused-ring (bicyclic) bond motifs is 1. The molecule has 1 amide bonds. The number of hydrogen-bond acceptors (Lipinski definition) is 4. The average Bonchev–Trinajstić information content (AvgIpc) is 3.37. The van der Waals surface area contributed by atoms with E-state index in [1.54, 1.807) is 6.20 Å². The fraction of sp³-hybridized carbons (Fsp3) is 0.519. The maximum atomic E-state index is 15.0. The zero-order valence-corrected chi connectivity index (χ0v) is 21.8. The highest BCUT2D eigenvalue weighted by atomic mass is 35.5. The van der Waals surface area contributed by atoms with E-state index in [1.807, 2.05) is 4.90 Å². The molecule has 0 unspecified atom stereocenters. The van der Waals surface area contributed by atoms with Crippen LogP contribution >= 0.6 is 11.6 Å². The quantitative estimate of drug-likeness (QED) is 0.461. The van der Waals surface area contributed by atoms with Crippen LogP contribution < -0.4 is 4.90 Å². The molecule has 1 aromatic carbocycles. The Morgan fingerprint density at radius 1 is 1.28 bits per heavy atom. The minimum atomic E-state index is -0.469. The SMILES string of the molecule is C=CC(=O)N1CC2(CC(n3nc(N4CCCCC4(C)C)c(-c4c(Cl)c(F)cc5[nH]ncc45)c3C)C2)C1. The van der Waals surface area contributed by atoms with Gasteiger partial charge in [0.2, 0.25) is 5.91 Å². The Bertz CT molecular complexity index is 1380. The number of rotatable bonds is 4. The molecule has 2 aromatic heterocycles. The minimum absolute atomic E-state index is 0.00104. The van der Waals surface area contributed by atoms with Crippen LogP contribution in [0.1, 0.15) is 57.7 Å². The number of halogens is 2. The van der Waals surface area contributed by atoms with Gasteiger partial charge in [-0.25, -0.2) is 4.39 Å². The number of carbonyl (C=O) groups excluding carboxylic acids is 1. The summed E-state index contributed by atoms with van der Waals surface area (Å²) in [4.78, 5) is 16.2. The summed E-state index contributed by atoms with van der Waals surface area (Å²) in [5, 5.41) is 13.2. The normalized spacial score (nSPS) is 21.0. The van der Waals surface area contributed by atoms with Crippen molar-refractivity contribution in [1.82, 2.24) is 24.9 Å². The molecule has 1 aliphatic carbocycles. The molecule has 2 aliphatic heterocycles. The molecule has 3 aliphatic rings. The maximum absolute atomic E-state index is 15.0. The first-order chi connectivity index (χ1) is 17.1. The van der Waals surface area contributed by atoms with Gasteiger partial charge in [-0.05, 0) is 59.0 Å².